The first-order chi connectivity index (χ1) is 4.20. The van der Waals surface area contributed by atoms with E-state index in [4.69, 9.17) is 11.5 Å². The summed E-state index contributed by atoms with van der Waals surface area (Å²) in [7, 11) is 0. The molecule has 1 heterocycles. The van der Waals surface area contributed by atoms with Crippen LogP contribution in [0.5, 0.6) is 0 Å². The number of amides is 1. The van der Waals surface area contributed by atoms with E-state index in [1.54, 1.807) is 0 Å². The van der Waals surface area contributed by atoms with E-state index in [9.17, 15) is 4.79 Å². The third-order valence-corrected chi connectivity index (χ3v) is 1.45. The topological polar surface area (TPSA) is 81.1 Å². The number of rotatable bonds is 0. The van der Waals surface area contributed by atoms with Crippen LogP contribution in [0.2, 0.25) is 0 Å². The Balaban J connectivity index is 2.44. The standard InChI is InChI=1S/C5H11N3O/c6-3-1-2-4(7)8-5(3)9/h3-4H,1-2,6-7H2,(H,8,9). The van der Waals surface area contributed by atoms with Gasteiger partial charge in [0.2, 0.25) is 5.91 Å². The van der Waals surface area contributed by atoms with Crippen LogP contribution in [0, 0.1) is 0 Å². The molecule has 0 aromatic carbocycles. The summed E-state index contributed by atoms with van der Waals surface area (Å²) in [6.07, 6.45) is 1.30. The monoisotopic (exact) mass is 129 g/mol. The molecule has 1 amide bonds. The van der Waals surface area contributed by atoms with Crippen LogP contribution in [0.3, 0.4) is 0 Å². The van der Waals surface area contributed by atoms with E-state index in [0.717, 1.165) is 6.42 Å². The highest BCUT2D eigenvalue weighted by atomic mass is 16.2. The van der Waals surface area contributed by atoms with Gasteiger partial charge in [0, 0.05) is 0 Å². The summed E-state index contributed by atoms with van der Waals surface area (Å²) >= 11 is 0. The minimum atomic E-state index is -0.343. The molecule has 1 aliphatic heterocycles. The Kier molecular flexibility index (Phi) is 1.68. The van der Waals surface area contributed by atoms with Crippen molar-refractivity contribution in [2.45, 2.75) is 25.0 Å². The van der Waals surface area contributed by atoms with Crippen molar-refractivity contribution in [3.63, 3.8) is 0 Å². The van der Waals surface area contributed by atoms with Crippen LogP contribution in [0.4, 0.5) is 0 Å². The second-order valence-corrected chi connectivity index (χ2v) is 2.30. The average molecular weight is 129 g/mol. The number of nitrogens with two attached hydrogens (primary N) is 2. The smallest absolute Gasteiger partial charge is 0.238 e. The Hall–Kier alpha value is -0.610. The predicted octanol–water partition coefficient (Wildman–Crippen LogP) is -1.49. The van der Waals surface area contributed by atoms with Gasteiger partial charge >= 0.3 is 0 Å². The maximum absolute atomic E-state index is 10.7. The Labute approximate surface area is 53.6 Å². The maximum Gasteiger partial charge on any atom is 0.238 e. The van der Waals surface area contributed by atoms with Crippen molar-refractivity contribution in [3.05, 3.63) is 0 Å². The third-order valence-electron chi connectivity index (χ3n) is 1.45. The lowest BCUT2D eigenvalue weighted by Gasteiger charge is -2.23. The van der Waals surface area contributed by atoms with Crippen molar-refractivity contribution in [3.8, 4) is 0 Å². The first kappa shape index (κ1) is 6.51. The number of hydrogen-bond acceptors (Lipinski definition) is 3. The average Bonchev–Trinajstić information content (AvgIpc) is 1.80. The fourth-order valence-electron chi connectivity index (χ4n) is 0.852. The first-order valence-electron chi connectivity index (χ1n) is 3.01. The van der Waals surface area contributed by atoms with Gasteiger partial charge in [-0.05, 0) is 12.8 Å². The Morgan fingerprint density at radius 3 is 2.56 bits per heavy atom. The molecule has 1 saturated heterocycles. The highest BCUT2D eigenvalue weighted by Crippen LogP contribution is 2.02. The van der Waals surface area contributed by atoms with E-state index in [-0.39, 0.29) is 18.1 Å². The molecule has 0 aromatic rings. The minimum Gasteiger partial charge on any atom is -0.340 e. The van der Waals surface area contributed by atoms with Gasteiger partial charge in [0.15, 0.2) is 0 Å². The fourth-order valence-corrected chi connectivity index (χ4v) is 0.852. The van der Waals surface area contributed by atoms with E-state index < -0.39 is 0 Å². The maximum atomic E-state index is 10.7. The van der Waals surface area contributed by atoms with E-state index in [1.165, 1.54) is 0 Å². The number of nitrogens with one attached hydrogen (secondary N) is 1. The second kappa shape index (κ2) is 2.33. The zero-order chi connectivity index (χ0) is 6.85. The first-order valence-corrected chi connectivity index (χ1v) is 3.01. The van der Waals surface area contributed by atoms with E-state index in [1.807, 2.05) is 0 Å². The largest absolute Gasteiger partial charge is 0.340 e. The number of carbonyl (C=O) groups is 1. The summed E-state index contributed by atoms with van der Waals surface area (Å²) < 4.78 is 0. The Morgan fingerprint density at radius 2 is 2.11 bits per heavy atom. The lowest BCUT2D eigenvalue weighted by Crippen LogP contribution is -2.53. The molecular formula is C5H11N3O. The van der Waals surface area contributed by atoms with E-state index in [2.05, 4.69) is 5.32 Å². The van der Waals surface area contributed by atoms with Crippen LogP contribution in [-0.2, 0) is 4.79 Å². The van der Waals surface area contributed by atoms with Gasteiger partial charge in [0.25, 0.3) is 0 Å². The molecular weight excluding hydrogens is 118 g/mol. The molecule has 5 N–H and O–H groups in total. The quantitative estimate of drug-likeness (QED) is 0.372. The van der Waals surface area contributed by atoms with Gasteiger partial charge in [0.1, 0.15) is 0 Å². The van der Waals surface area contributed by atoms with Gasteiger partial charge in [0.05, 0.1) is 12.2 Å². The zero-order valence-electron chi connectivity index (χ0n) is 5.13. The van der Waals surface area contributed by atoms with E-state index >= 15 is 0 Å². The van der Waals surface area contributed by atoms with Crippen LogP contribution in [0.15, 0.2) is 0 Å². The fraction of sp³-hybridized carbons (Fsp3) is 0.800. The molecule has 4 nitrogen and oxygen atoms in total. The molecule has 4 heteroatoms. The van der Waals surface area contributed by atoms with Crippen molar-refractivity contribution in [1.82, 2.24) is 5.32 Å². The summed E-state index contributed by atoms with van der Waals surface area (Å²) in [4.78, 5) is 10.7. The van der Waals surface area contributed by atoms with Gasteiger partial charge in [-0.3, -0.25) is 4.79 Å². The molecule has 2 atom stereocenters. The van der Waals surface area contributed by atoms with Crippen molar-refractivity contribution < 1.29 is 4.79 Å². The molecule has 0 saturated carbocycles. The van der Waals surface area contributed by atoms with Crippen LogP contribution in [0.1, 0.15) is 12.8 Å². The van der Waals surface area contributed by atoms with Crippen molar-refractivity contribution in [2.75, 3.05) is 0 Å². The molecule has 1 rings (SSSR count). The lowest BCUT2D eigenvalue weighted by atomic mass is 10.1. The minimum absolute atomic E-state index is 0.131. The van der Waals surface area contributed by atoms with Gasteiger partial charge in [-0.15, -0.1) is 0 Å². The molecule has 9 heavy (non-hydrogen) atoms. The van der Waals surface area contributed by atoms with Crippen LogP contribution in [-0.4, -0.2) is 18.1 Å². The summed E-state index contributed by atoms with van der Waals surface area (Å²) in [5, 5.41) is 2.54. The summed E-state index contributed by atoms with van der Waals surface area (Å²) in [5.41, 5.74) is 10.8. The lowest BCUT2D eigenvalue weighted by molar-refractivity contribution is -0.124. The molecule has 1 aliphatic rings. The van der Waals surface area contributed by atoms with Crippen molar-refractivity contribution in [1.29, 1.82) is 0 Å². The highest BCUT2D eigenvalue weighted by molar-refractivity contribution is 5.82. The normalized spacial score (nSPS) is 36.0. The van der Waals surface area contributed by atoms with Gasteiger partial charge in [-0.2, -0.15) is 0 Å². The molecule has 0 radical (unpaired) electrons. The Bertz CT molecular complexity index is 125. The van der Waals surface area contributed by atoms with Gasteiger partial charge in [-0.1, -0.05) is 0 Å². The molecule has 0 aliphatic carbocycles. The predicted molar refractivity (Wildman–Crippen MR) is 33.3 cm³/mol. The number of piperidine rings is 1. The molecule has 1 fully saturated rings. The Morgan fingerprint density at radius 1 is 1.44 bits per heavy atom. The number of carbonyl (C=O) groups excluding carboxylic acids is 1. The molecule has 2 unspecified atom stereocenters. The van der Waals surface area contributed by atoms with Gasteiger partial charge in [-0.25, -0.2) is 0 Å². The highest BCUT2D eigenvalue weighted by Gasteiger charge is 2.21. The van der Waals surface area contributed by atoms with Crippen LogP contribution >= 0.6 is 0 Å². The number of hydrogen-bond donors (Lipinski definition) is 3. The zero-order valence-corrected chi connectivity index (χ0v) is 5.13. The van der Waals surface area contributed by atoms with E-state index in [0.29, 0.717) is 6.42 Å². The van der Waals surface area contributed by atoms with Crippen molar-refractivity contribution >= 4 is 5.91 Å². The SMILES string of the molecule is NC1CCC(N)C(=O)N1. The molecule has 0 bridgehead atoms. The summed E-state index contributed by atoms with van der Waals surface area (Å²) in [5.74, 6) is -0.131. The molecule has 0 spiro atoms. The summed E-state index contributed by atoms with van der Waals surface area (Å²) in [6.45, 7) is 0. The molecule has 52 valence electrons. The van der Waals surface area contributed by atoms with Gasteiger partial charge < -0.3 is 16.8 Å². The summed E-state index contributed by atoms with van der Waals surface area (Å²) in [6, 6.07) is -0.343. The van der Waals surface area contributed by atoms with Crippen LogP contribution < -0.4 is 16.8 Å². The third kappa shape index (κ3) is 1.40. The second-order valence-electron chi connectivity index (χ2n) is 2.30. The molecule has 0 aromatic heterocycles. The van der Waals surface area contributed by atoms with Crippen molar-refractivity contribution in [2.24, 2.45) is 11.5 Å². The van der Waals surface area contributed by atoms with Crippen LogP contribution in [0.25, 0.3) is 0 Å².